The van der Waals surface area contributed by atoms with Gasteiger partial charge in [-0.15, -0.1) is 0 Å². The Hall–Kier alpha value is -3.75. The lowest BCUT2D eigenvalue weighted by molar-refractivity contribution is 0.459. The monoisotopic (exact) mass is 419 g/mol. The van der Waals surface area contributed by atoms with Crippen LogP contribution in [0.1, 0.15) is 43.3 Å². The smallest absolute Gasteiger partial charge is 0.328 e. The number of unbranched alkanes of at least 4 members (excludes halogenated alkanes) is 2. The molecule has 4 heterocycles. The number of pyridine rings is 2. The summed E-state index contributed by atoms with van der Waals surface area (Å²) in [6.07, 6.45) is 7.91. The van der Waals surface area contributed by atoms with Crippen molar-refractivity contribution < 1.29 is 4.74 Å². The molecular weight excluding hydrogens is 394 g/mol. The Bertz CT molecular complexity index is 1230. The molecular formula is C22H25N7O2. The molecule has 0 aliphatic carbocycles. The normalized spacial score (nSPS) is 11.2. The average molecular weight is 419 g/mol. The molecule has 160 valence electrons. The molecule has 0 bridgehead atoms. The zero-order chi connectivity index (χ0) is 21.8. The van der Waals surface area contributed by atoms with Crippen molar-refractivity contribution in [3.8, 4) is 11.6 Å². The Morgan fingerprint density at radius 2 is 1.97 bits per heavy atom. The lowest BCUT2D eigenvalue weighted by Crippen LogP contribution is -2.18. The first-order valence-corrected chi connectivity index (χ1v) is 10.3. The van der Waals surface area contributed by atoms with Crippen molar-refractivity contribution in [1.29, 1.82) is 0 Å². The van der Waals surface area contributed by atoms with Crippen LogP contribution in [-0.2, 0) is 13.0 Å². The van der Waals surface area contributed by atoms with Gasteiger partial charge in [-0.25, -0.2) is 19.7 Å². The van der Waals surface area contributed by atoms with Crippen molar-refractivity contribution in [2.45, 2.75) is 46.1 Å². The molecule has 0 saturated heterocycles. The number of rotatable bonds is 8. The third-order valence-electron chi connectivity index (χ3n) is 4.96. The molecule has 0 aromatic carbocycles. The van der Waals surface area contributed by atoms with E-state index in [0.717, 1.165) is 24.1 Å². The van der Waals surface area contributed by atoms with E-state index in [9.17, 15) is 4.79 Å². The van der Waals surface area contributed by atoms with Crippen molar-refractivity contribution in [2.75, 3.05) is 5.73 Å². The summed E-state index contributed by atoms with van der Waals surface area (Å²) in [7, 11) is 0. The standard InChI is InChI=1S/C22H25N7O2/c1-3-4-5-6-16-8-9-17(12-24-16)31-18-10-7-15(11-25-18)13-29-21-19(28-22(29)30)20(23)26-14(2)27-21/h7-12H,3-6,13H2,1-2H3,(H,28,30)(H2,23,26,27). The minimum absolute atomic E-state index is 0.255. The van der Waals surface area contributed by atoms with E-state index in [0.29, 0.717) is 35.2 Å². The van der Waals surface area contributed by atoms with Crippen molar-refractivity contribution in [3.05, 3.63) is 64.2 Å². The fraction of sp³-hybridized carbons (Fsp3) is 0.318. The lowest BCUT2D eigenvalue weighted by atomic mass is 10.1. The summed E-state index contributed by atoms with van der Waals surface area (Å²) in [6.45, 7) is 4.22. The molecule has 0 aliphatic rings. The van der Waals surface area contributed by atoms with Gasteiger partial charge in [0.2, 0.25) is 5.88 Å². The van der Waals surface area contributed by atoms with E-state index >= 15 is 0 Å². The first-order chi connectivity index (χ1) is 15.0. The molecule has 4 rings (SSSR count). The molecule has 9 heteroatoms. The van der Waals surface area contributed by atoms with Gasteiger partial charge >= 0.3 is 5.69 Å². The van der Waals surface area contributed by atoms with Gasteiger partial charge in [0.1, 0.15) is 17.1 Å². The summed E-state index contributed by atoms with van der Waals surface area (Å²) in [5.74, 6) is 1.85. The third kappa shape index (κ3) is 4.71. The number of ether oxygens (including phenoxy) is 1. The van der Waals surface area contributed by atoms with E-state index in [1.165, 1.54) is 17.4 Å². The average Bonchev–Trinajstić information content (AvgIpc) is 3.07. The number of aryl methyl sites for hydroxylation is 2. The van der Waals surface area contributed by atoms with Crippen molar-refractivity contribution in [2.24, 2.45) is 0 Å². The Kier molecular flexibility index (Phi) is 5.92. The Labute approximate surface area is 179 Å². The number of nitrogen functional groups attached to an aromatic ring is 1. The minimum Gasteiger partial charge on any atom is -0.437 e. The van der Waals surface area contributed by atoms with Gasteiger partial charge in [0.05, 0.1) is 12.7 Å². The van der Waals surface area contributed by atoms with Gasteiger partial charge in [-0.05, 0) is 37.5 Å². The van der Waals surface area contributed by atoms with Gasteiger partial charge in [-0.2, -0.15) is 0 Å². The van der Waals surface area contributed by atoms with E-state index in [1.807, 2.05) is 18.2 Å². The number of nitrogens with zero attached hydrogens (tertiary/aromatic N) is 5. The van der Waals surface area contributed by atoms with Crippen molar-refractivity contribution >= 4 is 17.0 Å². The molecule has 3 N–H and O–H groups in total. The van der Waals surface area contributed by atoms with Crippen LogP contribution in [0.4, 0.5) is 5.82 Å². The largest absolute Gasteiger partial charge is 0.437 e. The summed E-state index contributed by atoms with van der Waals surface area (Å²) in [5.41, 5.74) is 8.40. The fourth-order valence-corrected chi connectivity index (χ4v) is 3.35. The number of imidazole rings is 1. The fourth-order valence-electron chi connectivity index (χ4n) is 3.35. The van der Waals surface area contributed by atoms with Gasteiger partial charge in [0.25, 0.3) is 0 Å². The van der Waals surface area contributed by atoms with E-state index in [1.54, 1.807) is 25.4 Å². The molecule has 9 nitrogen and oxygen atoms in total. The van der Waals surface area contributed by atoms with Crippen molar-refractivity contribution in [1.82, 2.24) is 29.5 Å². The molecule has 31 heavy (non-hydrogen) atoms. The number of anilines is 1. The topological polar surface area (TPSA) is 125 Å². The first-order valence-electron chi connectivity index (χ1n) is 10.3. The second-order valence-corrected chi connectivity index (χ2v) is 7.42. The maximum atomic E-state index is 12.4. The molecule has 0 saturated carbocycles. The second-order valence-electron chi connectivity index (χ2n) is 7.42. The summed E-state index contributed by atoms with van der Waals surface area (Å²) < 4.78 is 7.30. The SMILES string of the molecule is CCCCCc1ccc(Oc2ccc(Cn3c(=O)[nH]c4c(N)nc(C)nc43)cn2)cn1. The van der Waals surface area contributed by atoms with Gasteiger partial charge in [-0.1, -0.05) is 25.8 Å². The third-order valence-corrected chi connectivity index (χ3v) is 4.96. The highest BCUT2D eigenvalue weighted by Gasteiger charge is 2.13. The summed E-state index contributed by atoms with van der Waals surface area (Å²) in [5, 5.41) is 0. The Morgan fingerprint density at radius 1 is 1.10 bits per heavy atom. The predicted molar refractivity (Wildman–Crippen MR) is 118 cm³/mol. The first kappa shape index (κ1) is 20.5. The van der Waals surface area contributed by atoms with Crippen LogP contribution in [0.15, 0.2) is 41.5 Å². The zero-order valence-corrected chi connectivity index (χ0v) is 17.6. The number of nitrogens with one attached hydrogen (secondary N) is 1. The van der Waals surface area contributed by atoms with Crippen LogP contribution in [-0.4, -0.2) is 29.5 Å². The Morgan fingerprint density at radius 3 is 2.68 bits per heavy atom. The summed E-state index contributed by atoms with van der Waals surface area (Å²) in [6, 6.07) is 7.51. The van der Waals surface area contributed by atoms with E-state index in [-0.39, 0.29) is 11.5 Å². The maximum Gasteiger partial charge on any atom is 0.328 e. The van der Waals surface area contributed by atoms with Crippen LogP contribution in [0, 0.1) is 6.92 Å². The summed E-state index contributed by atoms with van der Waals surface area (Å²) in [4.78, 5) is 32.3. The molecule has 0 aliphatic heterocycles. The van der Waals surface area contributed by atoms with Gasteiger partial charge < -0.3 is 15.5 Å². The maximum absolute atomic E-state index is 12.4. The molecule has 0 unspecified atom stereocenters. The molecule has 0 fully saturated rings. The van der Waals surface area contributed by atoms with Crippen LogP contribution >= 0.6 is 0 Å². The molecule has 4 aromatic rings. The molecule has 0 spiro atoms. The number of nitrogens with two attached hydrogens (primary N) is 1. The second kappa shape index (κ2) is 8.95. The highest BCUT2D eigenvalue weighted by Crippen LogP contribution is 2.20. The quantitative estimate of drug-likeness (QED) is 0.419. The van der Waals surface area contributed by atoms with E-state index in [4.69, 9.17) is 10.5 Å². The van der Waals surface area contributed by atoms with Gasteiger partial charge in [0.15, 0.2) is 11.5 Å². The number of aromatic nitrogens is 6. The highest BCUT2D eigenvalue weighted by atomic mass is 16.5. The zero-order valence-electron chi connectivity index (χ0n) is 17.6. The molecule has 0 amide bonds. The van der Waals surface area contributed by atoms with Gasteiger partial charge in [0, 0.05) is 18.0 Å². The van der Waals surface area contributed by atoms with E-state index in [2.05, 4.69) is 31.8 Å². The van der Waals surface area contributed by atoms with Crippen LogP contribution in [0.25, 0.3) is 11.2 Å². The van der Waals surface area contributed by atoms with Crippen LogP contribution < -0.4 is 16.2 Å². The highest BCUT2D eigenvalue weighted by molar-refractivity contribution is 5.81. The minimum atomic E-state index is -0.299. The van der Waals surface area contributed by atoms with Crippen molar-refractivity contribution in [3.63, 3.8) is 0 Å². The molecule has 4 aromatic heterocycles. The number of hydrogen-bond acceptors (Lipinski definition) is 7. The van der Waals surface area contributed by atoms with Crippen LogP contribution in [0.2, 0.25) is 0 Å². The molecule has 0 atom stereocenters. The van der Waals surface area contributed by atoms with E-state index < -0.39 is 0 Å². The molecule has 0 radical (unpaired) electrons. The van der Waals surface area contributed by atoms with Crippen LogP contribution in [0.5, 0.6) is 11.6 Å². The van der Waals surface area contributed by atoms with Gasteiger partial charge in [-0.3, -0.25) is 9.55 Å². The number of aromatic amines is 1. The van der Waals surface area contributed by atoms with Crippen LogP contribution in [0.3, 0.4) is 0 Å². The Balaban J connectivity index is 1.45. The lowest BCUT2D eigenvalue weighted by Gasteiger charge is -2.07. The number of H-pyrrole nitrogens is 1. The number of fused-ring (bicyclic) bond motifs is 1. The number of hydrogen-bond donors (Lipinski definition) is 2. The predicted octanol–water partition coefficient (Wildman–Crippen LogP) is 3.37. The summed E-state index contributed by atoms with van der Waals surface area (Å²) >= 11 is 0.